The maximum atomic E-state index is 12.1. The molecule has 2 rings (SSSR count). The summed E-state index contributed by atoms with van der Waals surface area (Å²) < 4.78 is 10.8. The fourth-order valence-electron chi connectivity index (χ4n) is 2.62. The van der Waals surface area contributed by atoms with Crippen LogP contribution in [0.4, 0.5) is 4.79 Å². The molecule has 0 aliphatic heterocycles. The van der Waals surface area contributed by atoms with E-state index in [4.69, 9.17) is 9.47 Å². The molecule has 3 nitrogen and oxygen atoms in total. The van der Waals surface area contributed by atoms with Gasteiger partial charge in [0.15, 0.2) is 0 Å². The monoisotopic (exact) mass is 312 g/mol. The Morgan fingerprint density at radius 2 is 1.52 bits per heavy atom. The summed E-state index contributed by atoms with van der Waals surface area (Å²) in [6, 6.07) is 13.3. The molecule has 0 unspecified atom stereocenters. The van der Waals surface area contributed by atoms with Gasteiger partial charge in [-0.2, -0.15) is 0 Å². The molecule has 0 saturated heterocycles. The standard InChI is InChI=1S/C20H24O3/c1-4-9-16-12-8-14-19(17(16)10-5-2)23-20(21)22-18-13-7-6-11-15(18)3/h6-8,11-14H,4-5,9-10H2,1-3H3. The molecular formula is C20H24O3. The van der Waals surface area contributed by atoms with Crippen LogP contribution in [0, 0.1) is 6.92 Å². The van der Waals surface area contributed by atoms with Crippen LogP contribution in [-0.2, 0) is 12.8 Å². The molecule has 0 fully saturated rings. The molecule has 0 spiro atoms. The SMILES string of the molecule is CCCc1cccc(OC(=O)Oc2ccccc2C)c1CCC. The minimum atomic E-state index is -0.690. The number of rotatable bonds is 6. The van der Waals surface area contributed by atoms with Crippen LogP contribution in [0.2, 0.25) is 0 Å². The van der Waals surface area contributed by atoms with Gasteiger partial charge in [0.1, 0.15) is 11.5 Å². The number of para-hydroxylation sites is 1. The van der Waals surface area contributed by atoms with Gasteiger partial charge in [-0.3, -0.25) is 0 Å². The molecule has 2 aromatic rings. The summed E-state index contributed by atoms with van der Waals surface area (Å²) in [5.74, 6) is 1.13. The van der Waals surface area contributed by atoms with E-state index >= 15 is 0 Å². The lowest BCUT2D eigenvalue weighted by molar-refractivity contribution is 0.151. The predicted molar refractivity (Wildman–Crippen MR) is 92.3 cm³/mol. The third kappa shape index (κ3) is 4.59. The van der Waals surface area contributed by atoms with E-state index in [2.05, 4.69) is 19.9 Å². The lowest BCUT2D eigenvalue weighted by Gasteiger charge is -2.14. The van der Waals surface area contributed by atoms with Crippen molar-refractivity contribution in [3.63, 3.8) is 0 Å². The van der Waals surface area contributed by atoms with Crippen molar-refractivity contribution in [3.8, 4) is 11.5 Å². The molecule has 0 aliphatic carbocycles. The first-order chi connectivity index (χ1) is 11.2. The highest BCUT2D eigenvalue weighted by Crippen LogP contribution is 2.26. The number of aryl methyl sites for hydroxylation is 2. The van der Waals surface area contributed by atoms with Crippen LogP contribution in [0.15, 0.2) is 42.5 Å². The van der Waals surface area contributed by atoms with Crippen molar-refractivity contribution in [2.24, 2.45) is 0 Å². The lowest BCUT2D eigenvalue weighted by Crippen LogP contribution is -2.15. The van der Waals surface area contributed by atoms with Crippen LogP contribution >= 0.6 is 0 Å². The third-order valence-electron chi connectivity index (χ3n) is 3.73. The van der Waals surface area contributed by atoms with Crippen molar-refractivity contribution >= 4 is 6.16 Å². The van der Waals surface area contributed by atoms with Crippen LogP contribution in [0.25, 0.3) is 0 Å². The zero-order chi connectivity index (χ0) is 16.7. The van der Waals surface area contributed by atoms with Gasteiger partial charge in [0.25, 0.3) is 0 Å². The zero-order valence-corrected chi connectivity index (χ0v) is 14.1. The molecule has 0 saturated carbocycles. The van der Waals surface area contributed by atoms with Gasteiger partial charge in [-0.15, -0.1) is 0 Å². The molecule has 0 aromatic heterocycles. The van der Waals surface area contributed by atoms with E-state index in [9.17, 15) is 4.79 Å². The lowest BCUT2D eigenvalue weighted by atomic mass is 9.99. The first-order valence-electron chi connectivity index (χ1n) is 8.21. The summed E-state index contributed by atoms with van der Waals surface area (Å²) in [5, 5.41) is 0. The summed E-state index contributed by atoms with van der Waals surface area (Å²) >= 11 is 0. The number of ether oxygens (including phenoxy) is 2. The molecular weight excluding hydrogens is 288 g/mol. The molecule has 0 heterocycles. The Bertz CT molecular complexity index is 662. The van der Waals surface area contributed by atoms with Gasteiger partial charge >= 0.3 is 6.16 Å². The molecule has 122 valence electrons. The van der Waals surface area contributed by atoms with Crippen molar-refractivity contribution in [1.29, 1.82) is 0 Å². The fraction of sp³-hybridized carbons (Fsp3) is 0.350. The van der Waals surface area contributed by atoms with Gasteiger partial charge in [-0.05, 0) is 48.6 Å². The average molecular weight is 312 g/mol. The second-order valence-corrected chi connectivity index (χ2v) is 5.61. The topological polar surface area (TPSA) is 35.5 Å². The molecule has 3 heteroatoms. The molecule has 0 aliphatic rings. The highest BCUT2D eigenvalue weighted by Gasteiger charge is 2.14. The summed E-state index contributed by atoms with van der Waals surface area (Å²) in [6.45, 7) is 6.17. The molecule has 0 atom stereocenters. The van der Waals surface area contributed by atoms with Crippen LogP contribution in [0.3, 0.4) is 0 Å². The van der Waals surface area contributed by atoms with Crippen molar-refractivity contribution in [1.82, 2.24) is 0 Å². The van der Waals surface area contributed by atoms with Crippen molar-refractivity contribution in [3.05, 3.63) is 59.2 Å². The van der Waals surface area contributed by atoms with Crippen molar-refractivity contribution < 1.29 is 14.3 Å². The van der Waals surface area contributed by atoms with Crippen molar-refractivity contribution in [2.45, 2.75) is 46.5 Å². The molecule has 0 radical (unpaired) electrons. The summed E-state index contributed by atoms with van der Waals surface area (Å²) in [6.07, 6.45) is 3.26. The molecule has 2 aromatic carbocycles. The minimum Gasteiger partial charge on any atom is -0.394 e. The predicted octanol–water partition coefficient (Wildman–Crippen LogP) is 5.48. The zero-order valence-electron chi connectivity index (χ0n) is 14.1. The summed E-state index contributed by atoms with van der Waals surface area (Å²) in [7, 11) is 0. The Hall–Kier alpha value is -2.29. The van der Waals surface area contributed by atoms with Crippen LogP contribution in [0.5, 0.6) is 11.5 Å². The van der Waals surface area contributed by atoms with E-state index < -0.39 is 6.16 Å². The Morgan fingerprint density at radius 3 is 2.22 bits per heavy atom. The quantitative estimate of drug-likeness (QED) is 0.523. The van der Waals surface area contributed by atoms with Gasteiger partial charge in [-0.1, -0.05) is 57.0 Å². The van der Waals surface area contributed by atoms with E-state index in [-0.39, 0.29) is 0 Å². The minimum absolute atomic E-state index is 0.527. The number of carbonyl (C=O) groups is 1. The van der Waals surface area contributed by atoms with Crippen LogP contribution in [-0.4, -0.2) is 6.16 Å². The first-order valence-corrected chi connectivity index (χ1v) is 8.21. The Morgan fingerprint density at radius 1 is 0.870 bits per heavy atom. The fourth-order valence-corrected chi connectivity index (χ4v) is 2.62. The number of carbonyl (C=O) groups excluding carboxylic acids is 1. The van der Waals surface area contributed by atoms with Gasteiger partial charge in [0.2, 0.25) is 0 Å². The van der Waals surface area contributed by atoms with Crippen molar-refractivity contribution in [2.75, 3.05) is 0 Å². The maximum absolute atomic E-state index is 12.1. The molecule has 0 amide bonds. The van der Waals surface area contributed by atoms with Gasteiger partial charge in [0.05, 0.1) is 0 Å². The highest BCUT2D eigenvalue weighted by molar-refractivity contribution is 5.68. The van der Waals surface area contributed by atoms with E-state index in [1.165, 1.54) is 5.56 Å². The number of hydrogen-bond acceptors (Lipinski definition) is 3. The first kappa shape index (κ1) is 17.1. The molecule has 0 bridgehead atoms. The summed E-state index contributed by atoms with van der Waals surface area (Å²) in [4.78, 5) is 12.1. The Labute approximate surface area is 138 Å². The second-order valence-electron chi connectivity index (χ2n) is 5.61. The van der Waals surface area contributed by atoms with Gasteiger partial charge in [-0.25, -0.2) is 4.79 Å². The summed E-state index contributed by atoms with van der Waals surface area (Å²) in [5.41, 5.74) is 3.26. The molecule has 23 heavy (non-hydrogen) atoms. The van der Waals surface area contributed by atoms with E-state index in [1.54, 1.807) is 6.07 Å². The van der Waals surface area contributed by atoms with E-state index in [0.717, 1.165) is 36.8 Å². The van der Waals surface area contributed by atoms with Crippen LogP contribution in [0.1, 0.15) is 43.4 Å². The average Bonchev–Trinajstić information content (AvgIpc) is 2.53. The van der Waals surface area contributed by atoms with Gasteiger partial charge in [0, 0.05) is 0 Å². The number of benzene rings is 2. The molecule has 0 N–H and O–H groups in total. The Kier molecular flexibility index (Phi) is 6.21. The second kappa shape index (κ2) is 8.37. The van der Waals surface area contributed by atoms with Gasteiger partial charge < -0.3 is 9.47 Å². The maximum Gasteiger partial charge on any atom is 0.519 e. The normalized spacial score (nSPS) is 10.4. The number of hydrogen-bond donors (Lipinski definition) is 0. The third-order valence-corrected chi connectivity index (χ3v) is 3.73. The van der Waals surface area contributed by atoms with E-state index in [1.807, 2.05) is 37.3 Å². The van der Waals surface area contributed by atoms with E-state index in [0.29, 0.717) is 11.5 Å². The largest absolute Gasteiger partial charge is 0.519 e. The highest BCUT2D eigenvalue weighted by atomic mass is 16.7. The Balaban J connectivity index is 2.17. The smallest absolute Gasteiger partial charge is 0.394 e. The van der Waals surface area contributed by atoms with Crippen LogP contribution < -0.4 is 9.47 Å².